The van der Waals surface area contributed by atoms with Crippen molar-refractivity contribution in [3.05, 3.63) is 109 Å². The summed E-state index contributed by atoms with van der Waals surface area (Å²) in [7, 11) is -5.08. The molecule has 412 valence electrons. The molecule has 4 N–H and O–H groups in total. The van der Waals surface area contributed by atoms with Gasteiger partial charge in [0.15, 0.2) is 6.29 Å². The maximum absolute atomic E-state index is 13.0. The summed E-state index contributed by atoms with van der Waals surface area (Å²) < 4.78 is 59.3. The van der Waals surface area contributed by atoms with Gasteiger partial charge in [-0.15, -0.1) is 0 Å². The van der Waals surface area contributed by atoms with E-state index in [9.17, 15) is 33.1 Å². The van der Waals surface area contributed by atoms with Crippen molar-refractivity contribution < 1.29 is 56.2 Å². The van der Waals surface area contributed by atoms with Gasteiger partial charge in [0.25, 0.3) is 0 Å². The lowest BCUT2D eigenvalue weighted by Gasteiger charge is -2.41. The van der Waals surface area contributed by atoms with Crippen molar-refractivity contribution in [3.63, 3.8) is 0 Å². The number of hydrogen-bond acceptors (Lipinski definition) is 11. The van der Waals surface area contributed by atoms with Crippen LogP contribution < -0.4 is 0 Å². The summed E-state index contributed by atoms with van der Waals surface area (Å²) in [5.41, 5.74) is 0. The Hall–Kier alpha value is -3.24. The zero-order valence-electron chi connectivity index (χ0n) is 44.4. The van der Waals surface area contributed by atoms with Gasteiger partial charge in [-0.2, -0.15) is 8.42 Å². The van der Waals surface area contributed by atoms with E-state index >= 15 is 0 Å². The fourth-order valence-electron chi connectivity index (χ4n) is 7.81. The summed E-state index contributed by atoms with van der Waals surface area (Å²) in [6, 6.07) is 0. The van der Waals surface area contributed by atoms with E-state index < -0.39 is 59.8 Å². The number of allylic oxidation sites excluding steroid dienone is 18. The van der Waals surface area contributed by atoms with Crippen molar-refractivity contribution in [1.29, 1.82) is 0 Å². The van der Waals surface area contributed by atoms with Crippen molar-refractivity contribution >= 4 is 16.4 Å². The molecule has 12 nitrogen and oxygen atoms in total. The second kappa shape index (κ2) is 48.7. The summed E-state index contributed by atoms with van der Waals surface area (Å²) in [5.74, 6) is -0.415. The third-order valence-corrected chi connectivity index (χ3v) is 12.4. The first-order chi connectivity index (χ1) is 35.1. The van der Waals surface area contributed by atoms with Crippen LogP contribution in [0.15, 0.2) is 109 Å². The van der Waals surface area contributed by atoms with Crippen LogP contribution in [-0.2, 0) is 38.3 Å². The molecule has 0 amide bonds. The zero-order chi connectivity index (χ0) is 52.4. The fourth-order valence-corrected chi connectivity index (χ4v) is 8.32. The number of carbonyl (C=O) groups is 1. The Kier molecular flexibility index (Phi) is 45.2. The molecule has 0 aromatic carbocycles. The number of esters is 1. The van der Waals surface area contributed by atoms with Gasteiger partial charge in [0.05, 0.1) is 19.8 Å². The monoisotopic (exact) mass is 1030 g/mol. The molecule has 0 bridgehead atoms. The Morgan fingerprint density at radius 2 is 0.917 bits per heavy atom. The minimum atomic E-state index is -5.08. The van der Waals surface area contributed by atoms with E-state index in [1.54, 1.807) is 0 Å². The third-order valence-electron chi connectivity index (χ3n) is 11.9. The molecule has 0 saturated carbocycles. The number of ether oxygens (including phenoxy) is 4. The van der Waals surface area contributed by atoms with E-state index in [4.69, 9.17) is 18.9 Å². The predicted octanol–water partition coefficient (Wildman–Crippen LogP) is 13.5. The van der Waals surface area contributed by atoms with Crippen molar-refractivity contribution in [1.82, 2.24) is 0 Å². The molecule has 1 aliphatic heterocycles. The Bertz CT molecular complexity index is 1660. The highest BCUT2D eigenvalue weighted by molar-refractivity contribution is 7.80. The average molecular weight is 1030 g/mol. The summed E-state index contributed by atoms with van der Waals surface area (Å²) in [5, 5.41) is 30.8. The van der Waals surface area contributed by atoms with Crippen molar-refractivity contribution in [2.45, 2.75) is 230 Å². The topological polar surface area (TPSA) is 178 Å². The van der Waals surface area contributed by atoms with E-state index in [1.807, 2.05) is 0 Å². The Labute approximate surface area is 437 Å². The highest BCUT2D eigenvalue weighted by atomic mass is 32.3. The molecule has 6 unspecified atom stereocenters. The van der Waals surface area contributed by atoms with Gasteiger partial charge in [-0.3, -0.25) is 9.35 Å². The van der Waals surface area contributed by atoms with Crippen LogP contribution in [0.4, 0.5) is 0 Å². The molecule has 1 fully saturated rings. The lowest BCUT2D eigenvalue weighted by Crippen LogP contribution is -2.60. The Morgan fingerprint density at radius 3 is 1.33 bits per heavy atom. The van der Waals surface area contributed by atoms with Gasteiger partial charge >= 0.3 is 16.4 Å². The molecule has 1 saturated heterocycles. The summed E-state index contributed by atoms with van der Waals surface area (Å²) in [4.78, 5) is 13.0. The second-order valence-corrected chi connectivity index (χ2v) is 19.5. The molecular weight excluding hydrogens is 933 g/mol. The standard InChI is InChI=1S/C59H98O12S/c1-3-5-7-9-11-13-15-17-19-21-23-25-26-27-28-29-30-32-34-36-38-40-42-44-46-48-55(61)69-53(52-68-59-57(63)58(71-72(64,65)66)56(62)54(50-60)70-59)51-67-49-47-45-43-41-39-37-35-33-31-24-22-20-18-16-14-12-10-8-6-4-2/h5-8,11-14,17-20,23-25,31,35,37,53-54,56-60,62-63H,3-4,9-10,15-16,21-22,26-30,32-34,36,38-52H2,1-2H3,(H,64,65,66)/b7-5-,8-6-,13-11-,14-12-,19-17-,20-18-,25-23-,31-24-,37-35-. The predicted molar refractivity (Wildman–Crippen MR) is 294 cm³/mol. The third kappa shape index (κ3) is 41.1. The molecule has 0 aliphatic carbocycles. The molecule has 0 spiro atoms. The number of aliphatic hydroxyl groups excluding tert-OH is 3. The number of rotatable bonds is 47. The van der Waals surface area contributed by atoms with Gasteiger partial charge < -0.3 is 34.3 Å². The molecule has 0 aromatic rings. The van der Waals surface area contributed by atoms with Crippen LogP contribution in [0.25, 0.3) is 0 Å². The average Bonchev–Trinajstić information content (AvgIpc) is 3.36. The van der Waals surface area contributed by atoms with Gasteiger partial charge in [0, 0.05) is 13.0 Å². The van der Waals surface area contributed by atoms with Crippen LogP contribution in [0.2, 0.25) is 0 Å². The van der Waals surface area contributed by atoms with E-state index in [-0.39, 0.29) is 19.6 Å². The lowest BCUT2D eigenvalue weighted by atomic mass is 9.99. The zero-order valence-corrected chi connectivity index (χ0v) is 45.3. The summed E-state index contributed by atoms with van der Waals surface area (Å²) in [6.07, 6.45) is 59.8. The maximum Gasteiger partial charge on any atom is 0.397 e. The second-order valence-electron chi connectivity index (χ2n) is 18.4. The lowest BCUT2D eigenvalue weighted by molar-refractivity contribution is -0.301. The first kappa shape index (κ1) is 66.8. The molecule has 1 aliphatic rings. The van der Waals surface area contributed by atoms with Crippen LogP contribution in [-0.4, -0.2) is 97.5 Å². The normalized spacial score (nSPS) is 19.8. The molecule has 6 atom stereocenters. The Morgan fingerprint density at radius 1 is 0.528 bits per heavy atom. The number of unbranched alkanes of at least 4 members (excludes halogenated alkanes) is 16. The molecule has 1 rings (SSSR count). The molecular formula is C59H98O12S. The van der Waals surface area contributed by atoms with E-state index in [0.717, 1.165) is 116 Å². The van der Waals surface area contributed by atoms with Gasteiger partial charge in [0.1, 0.15) is 30.5 Å². The molecule has 0 radical (unpaired) electrons. The molecule has 1 heterocycles. The van der Waals surface area contributed by atoms with Crippen LogP contribution in [0.1, 0.15) is 194 Å². The SMILES string of the molecule is CC/C=C\C/C=C\C/C=C\C/C=C\C/C=C\CCCCCCOCC(COC1OC(CO)C(O)C(OS(=O)(=O)O)C1O)OC(=O)CCCCCCCCCCCCCC/C=C\C/C=C\C/C=C\C/C=C\CC. The minimum absolute atomic E-state index is 0.0115. The Balaban J connectivity index is 2.34. The smallest absolute Gasteiger partial charge is 0.397 e. The van der Waals surface area contributed by atoms with E-state index in [2.05, 4.69) is 127 Å². The summed E-state index contributed by atoms with van der Waals surface area (Å²) in [6.45, 7) is 3.70. The minimum Gasteiger partial charge on any atom is -0.457 e. The van der Waals surface area contributed by atoms with E-state index in [1.165, 1.54) is 51.4 Å². The first-order valence-electron chi connectivity index (χ1n) is 27.6. The number of aliphatic hydroxyl groups is 3. The van der Waals surface area contributed by atoms with Gasteiger partial charge in [-0.1, -0.05) is 200 Å². The van der Waals surface area contributed by atoms with Gasteiger partial charge in [-0.05, 0) is 96.3 Å². The highest BCUT2D eigenvalue weighted by Crippen LogP contribution is 2.26. The van der Waals surface area contributed by atoms with Crippen molar-refractivity contribution in [2.24, 2.45) is 0 Å². The van der Waals surface area contributed by atoms with Crippen molar-refractivity contribution in [3.8, 4) is 0 Å². The van der Waals surface area contributed by atoms with Crippen LogP contribution in [0.5, 0.6) is 0 Å². The number of carbonyl (C=O) groups excluding carboxylic acids is 1. The molecule has 72 heavy (non-hydrogen) atoms. The van der Waals surface area contributed by atoms with Gasteiger partial charge in [-0.25, -0.2) is 4.18 Å². The van der Waals surface area contributed by atoms with Crippen LogP contribution >= 0.6 is 0 Å². The van der Waals surface area contributed by atoms with Gasteiger partial charge in [0.2, 0.25) is 0 Å². The number of hydrogen-bond donors (Lipinski definition) is 4. The van der Waals surface area contributed by atoms with Crippen LogP contribution in [0.3, 0.4) is 0 Å². The summed E-state index contributed by atoms with van der Waals surface area (Å²) >= 11 is 0. The molecule has 13 heteroatoms. The maximum atomic E-state index is 13.0. The van der Waals surface area contributed by atoms with Crippen molar-refractivity contribution in [2.75, 3.05) is 26.4 Å². The first-order valence-corrected chi connectivity index (χ1v) is 29.0. The quantitative estimate of drug-likeness (QED) is 0.0197. The van der Waals surface area contributed by atoms with Crippen LogP contribution in [0, 0.1) is 0 Å². The fraction of sp³-hybridized carbons (Fsp3) is 0.678. The highest BCUT2D eigenvalue weighted by Gasteiger charge is 2.48. The van der Waals surface area contributed by atoms with E-state index in [0.29, 0.717) is 13.0 Å². The largest absolute Gasteiger partial charge is 0.457 e. The molecule has 0 aromatic heterocycles.